The lowest BCUT2D eigenvalue weighted by Gasteiger charge is -2.39. The zero-order valence-corrected chi connectivity index (χ0v) is 8.52. The molecule has 2 aliphatic rings. The molecule has 1 unspecified atom stereocenters. The van der Waals surface area contributed by atoms with Gasteiger partial charge in [-0.1, -0.05) is 19.3 Å². The molecular weight excluding hydrogens is 160 g/mol. The smallest absolute Gasteiger partial charge is 0.0323 e. The van der Waals surface area contributed by atoms with Gasteiger partial charge in [-0.05, 0) is 32.2 Å². The highest BCUT2D eigenvalue weighted by Gasteiger charge is 2.31. The highest BCUT2D eigenvalue weighted by Crippen LogP contribution is 2.25. The van der Waals surface area contributed by atoms with Crippen LogP contribution >= 0.6 is 0 Å². The highest BCUT2D eigenvalue weighted by atomic mass is 15.0. The van der Waals surface area contributed by atoms with Crippen LogP contribution in [0, 0.1) is 0 Å². The van der Waals surface area contributed by atoms with E-state index in [-0.39, 0.29) is 0 Å². The zero-order valence-electron chi connectivity index (χ0n) is 8.52. The molecule has 2 fully saturated rings. The molecular formula is C11H21N2. The molecule has 2 aliphatic heterocycles. The van der Waals surface area contributed by atoms with E-state index in [1.165, 1.54) is 51.5 Å². The van der Waals surface area contributed by atoms with Gasteiger partial charge >= 0.3 is 0 Å². The predicted molar refractivity (Wildman–Crippen MR) is 54.9 cm³/mol. The standard InChI is InChI=1S/C11H21N2/c1-2-4-9-13-11(6-3-1)7-5-8-12-10-11/h13H,1-10H2. The minimum Gasteiger partial charge on any atom is -0.310 e. The van der Waals surface area contributed by atoms with Crippen LogP contribution in [0.5, 0.6) is 0 Å². The summed E-state index contributed by atoms with van der Waals surface area (Å²) in [6, 6.07) is 0. The van der Waals surface area contributed by atoms with E-state index in [1.54, 1.807) is 0 Å². The molecule has 2 saturated heterocycles. The molecule has 1 radical (unpaired) electrons. The van der Waals surface area contributed by atoms with Crippen molar-refractivity contribution in [1.29, 1.82) is 0 Å². The Morgan fingerprint density at radius 1 is 0.923 bits per heavy atom. The molecule has 75 valence electrons. The summed E-state index contributed by atoms with van der Waals surface area (Å²) in [5, 5.41) is 8.31. The maximum atomic E-state index is 4.56. The van der Waals surface area contributed by atoms with Crippen molar-refractivity contribution < 1.29 is 0 Å². The van der Waals surface area contributed by atoms with Crippen LogP contribution in [-0.4, -0.2) is 25.2 Å². The molecule has 0 amide bonds. The molecule has 2 heteroatoms. The lowest BCUT2D eigenvalue weighted by atomic mass is 9.83. The Kier molecular flexibility index (Phi) is 3.23. The van der Waals surface area contributed by atoms with Crippen molar-refractivity contribution in [3.63, 3.8) is 0 Å². The Morgan fingerprint density at radius 2 is 1.77 bits per heavy atom. The van der Waals surface area contributed by atoms with Gasteiger partial charge in [0.2, 0.25) is 0 Å². The molecule has 1 N–H and O–H groups in total. The maximum Gasteiger partial charge on any atom is 0.0323 e. The first kappa shape index (κ1) is 9.47. The normalized spacial score (nSPS) is 36.9. The van der Waals surface area contributed by atoms with E-state index in [4.69, 9.17) is 0 Å². The molecule has 1 spiro atoms. The number of rotatable bonds is 0. The van der Waals surface area contributed by atoms with Gasteiger partial charge in [-0.25, -0.2) is 5.32 Å². The fraction of sp³-hybridized carbons (Fsp3) is 1.00. The molecule has 1 atom stereocenters. The second kappa shape index (κ2) is 4.43. The van der Waals surface area contributed by atoms with Crippen LogP contribution in [0.4, 0.5) is 0 Å². The van der Waals surface area contributed by atoms with Crippen LogP contribution in [0.1, 0.15) is 44.9 Å². The predicted octanol–water partition coefficient (Wildman–Crippen LogP) is 1.68. The molecule has 0 aromatic rings. The Morgan fingerprint density at radius 3 is 2.62 bits per heavy atom. The Bertz CT molecular complexity index is 140. The summed E-state index contributed by atoms with van der Waals surface area (Å²) >= 11 is 0. The fourth-order valence-electron chi connectivity index (χ4n) is 2.63. The quantitative estimate of drug-likeness (QED) is 0.604. The van der Waals surface area contributed by atoms with E-state index in [9.17, 15) is 0 Å². The van der Waals surface area contributed by atoms with Crippen LogP contribution < -0.4 is 10.6 Å². The van der Waals surface area contributed by atoms with E-state index in [0.717, 1.165) is 13.1 Å². The van der Waals surface area contributed by atoms with Crippen LogP contribution in [-0.2, 0) is 0 Å². The molecule has 0 bridgehead atoms. The minimum absolute atomic E-state index is 0.415. The van der Waals surface area contributed by atoms with Gasteiger partial charge in [0.1, 0.15) is 0 Å². The summed E-state index contributed by atoms with van der Waals surface area (Å²) < 4.78 is 0. The Hall–Kier alpha value is -0.0800. The largest absolute Gasteiger partial charge is 0.310 e. The van der Waals surface area contributed by atoms with E-state index in [2.05, 4.69) is 10.6 Å². The van der Waals surface area contributed by atoms with Gasteiger partial charge in [0.15, 0.2) is 0 Å². The second-order valence-electron chi connectivity index (χ2n) is 4.58. The summed E-state index contributed by atoms with van der Waals surface area (Å²) in [5.41, 5.74) is 0.415. The summed E-state index contributed by atoms with van der Waals surface area (Å²) in [6.07, 6.45) is 9.63. The monoisotopic (exact) mass is 181 g/mol. The molecule has 0 aromatic carbocycles. The maximum absolute atomic E-state index is 4.56. The van der Waals surface area contributed by atoms with Crippen molar-refractivity contribution in [1.82, 2.24) is 10.6 Å². The molecule has 13 heavy (non-hydrogen) atoms. The van der Waals surface area contributed by atoms with Crippen LogP contribution in [0.2, 0.25) is 0 Å². The van der Waals surface area contributed by atoms with Gasteiger partial charge in [0, 0.05) is 18.6 Å². The van der Waals surface area contributed by atoms with Gasteiger partial charge in [-0.2, -0.15) is 0 Å². The van der Waals surface area contributed by atoms with Gasteiger partial charge in [0.25, 0.3) is 0 Å². The van der Waals surface area contributed by atoms with Gasteiger partial charge in [0.05, 0.1) is 0 Å². The van der Waals surface area contributed by atoms with E-state index >= 15 is 0 Å². The molecule has 0 saturated carbocycles. The third-order valence-electron chi connectivity index (χ3n) is 3.47. The van der Waals surface area contributed by atoms with Crippen LogP contribution in [0.25, 0.3) is 0 Å². The average molecular weight is 181 g/mol. The molecule has 2 heterocycles. The van der Waals surface area contributed by atoms with E-state index in [0.29, 0.717) is 5.54 Å². The highest BCUT2D eigenvalue weighted by molar-refractivity contribution is 4.93. The lowest BCUT2D eigenvalue weighted by molar-refractivity contribution is 0.212. The van der Waals surface area contributed by atoms with Crippen molar-refractivity contribution in [3.8, 4) is 0 Å². The number of nitrogens with one attached hydrogen (secondary N) is 1. The van der Waals surface area contributed by atoms with E-state index < -0.39 is 0 Å². The summed E-state index contributed by atoms with van der Waals surface area (Å²) in [7, 11) is 0. The summed E-state index contributed by atoms with van der Waals surface area (Å²) in [4.78, 5) is 0. The van der Waals surface area contributed by atoms with Crippen LogP contribution in [0.15, 0.2) is 0 Å². The second-order valence-corrected chi connectivity index (χ2v) is 4.58. The first-order valence-corrected chi connectivity index (χ1v) is 5.80. The van der Waals surface area contributed by atoms with Crippen LogP contribution in [0.3, 0.4) is 0 Å². The first-order chi connectivity index (χ1) is 6.41. The van der Waals surface area contributed by atoms with Crippen molar-refractivity contribution in [3.05, 3.63) is 0 Å². The van der Waals surface area contributed by atoms with Crippen molar-refractivity contribution in [2.45, 2.75) is 50.5 Å². The van der Waals surface area contributed by atoms with Gasteiger partial charge in [-0.15, -0.1) is 0 Å². The Labute approximate surface area is 81.5 Å². The Balaban J connectivity index is 1.91. The third-order valence-corrected chi connectivity index (χ3v) is 3.47. The van der Waals surface area contributed by atoms with Crippen molar-refractivity contribution in [2.75, 3.05) is 19.6 Å². The number of hydrogen-bond donors (Lipinski definition) is 1. The SMILES string of the molecule is C1CCCC2(CCC[N]C2)NCC1. The van der Waals surface area contributed by atoms with Gasteiger partial charge < -0.3 is 5.32 Å². The summed E-state index contributed by atoms with van der Waals surface area (Å²) in [6.45, 7) is 3.39. The lowest BCUT2D eigenvalue weighted by Crippen LogP contribution is -2.54. The first-order valence-electron chi connectivity index (χ1n) is 5.80. The van der Waals surface area contributed by atoms with E-state index in [1.807, 2.05) is 0 Å². The molecule has 2 rings (SSSR count). The summed E-state index contributed by atoms with van der Waals surface area (Å²) in [5.74, 6) is 0. The molecule has 0 aromatic heterocycles. The molecule has 2 nitrogen and oxygen atoms in total. The minimum atomic E-state index is 0.415. The molecule has 0 aliphatic carbocycles. The average Bonchev–Trinajstić information content (AvgIpc) is 2.14. The topological polar surface area (TPSA) is 26.1 Å². The fourth-order valence-corrected chi connectivity index (χ4v) is 2.63. The number of hydrogen-bond acceptors (Lipinski definition) is 1. The van der Waals surface area contributed by atoms with Crippen molar-refractivity contribution in [2.24, 2.45) is 0 Å². The van der Waals surface area contributed by atoms with Crippen molar-refractivity contribution >= 4 is 0 Å². The third kappa shape index (κ3) is 2.44. The zero-order chi connectivity index (χ0) is 8.99. The number of nitrogens with zero attached hydrogens (tertiary/aromatic N) is 1. The van der Waals surface area contributed by atoms with Gasteiger partial charge in [-0.3, -0.25) is 0 Å². The number of piperidine rings is 1.